The summed E-state index contributed by atoms with van der Waals surface area (Å²) in [5.41, 5.74) is 7.67. The first-order valence-corrected chi connectivity index (χ1v) is 12.5. The zero-order valence-corrected chi connectivity index (χ0v) is 22.0. The van der Waals surface area contributed by atoms with Gasteiger partial charge in [-0.1, -0.05) is 24.3 Å². The highest BCUT2D eigenvalue weighted by atomic mass is 32.1. The third-order valence-corrected chi connectivity index (χ3v) is 7.17. The molecular formula is C28H23N3O7S. The number of esters is 3. The summed E-state index contributed by atoms with van der Waals surface area (Å²) in [6.45, 7) is 1.72. The molecule has 198 valence electrons. The van der Waals surface area contributed by atoms with Gasteiger partial charge in [-0.3, -0.25) is 9.36 Å². The maximum atomic E-state index is 13.5. The molecule has 0 spiro atoms. The van der Waals surface area contributed by atoms with Gasteiger partial charge in [-0.05, 0) is 48.4 Å². The lowest BCUT2D eigenvalue weighted by atomic mass is 9.83. The zero-order chi connectivity index (χ0) is 28.3. The first-order valence-electron chi connectivity index (χ1n) is 11.7. The lowest BCUT2D eigenvalue weighted by Crippen LogP contribution is -2.40. The van der Waals surface area contributed by atoms with Crippen LogP contribution in [0, 0.1) is 11.3 Å². The summed E-state index contributed by atoms with van der Waals surface area (Å²) in [6, 6.07) is 14.7. The average molecular weight is 546 g/mol. The second-order valence-corrected chi connectivity index (χ2v) is 9.29. The summed E-state index contributed by atoms with van der Waals surface area (Å²) in [5, 5.41) is 10.1. The average Bonchev–Trinajstić information content (AvgIpc) is 3.27. The van der Waals surface area contributed by atoms with Gasteiger partial charge in [-0.25, -0.2) is 14.4 Å². The highest BCUT2D eigenvalue weighted by Gasteiger charge is 2.36. The summed E-state index contributed by atoms with van der Waals surface area (Å²) < 4.78 is 16.4. The van der Waals surface area contributed by atoms with Gasteiger partial charge in [0.25, 0.3) is 5.56 Å². The Balaban J connectivity index is 1.97. The van der Waals surface area contributed by atoms with Crippen LogP contribution in [0.25, 0.3) is 17.5 Å². The van der Waals surface area contributed by atoms with Gasteiger partial charge in [-0.2, -0.15) is 5.26 Å². The van der Waals surface area contributed by atoms with Crippen LogP contribution >= 0.6 is 11.3 Å². The first kappa shape index (κ1) is 27.1. The Morgan fingerprint density at radius 2 is 1.56 bits per heavy atom. The van der Waals surface area contributed by atoms with Crippen molar-refractivity contribution in [1.82, 2.24) is 4.57 Å². The lowest BCUT2D eigenvalue weighted by Gasteiger charge is -2.24. The molecule has 0 fully saturated rings. The maximum absolute atomic E-state index is 13.5. The van der Waals surface area contributed by atoms with Crippen molar-refractivity contribution in [1.29, 1.82) is 5.26 Å². The van der Waals surface area contributed by atoms with Gasteiger partial charge < -0.3 is 19.9 Å². The van der Waals surface area contributed by atoms with Crippen molar-refractivity contribution in [3.05, 3.63) is 95.9 Å². The number of hydrogen-bond donors (Lipinski definition) is 1. The van der Waals surface area contributed by atoms with Crippen molar-refractivity contribution in [2.24, 2.45) is 5.73 Å². The number of nitrogens with zero attached hydrogens (tertiary/aromatic N) is 2. The number of carbonyl (C=O) groups is 3. The molecule has 11 heteroatoms. The Kier molecular flexibility index (Phi) is 7.78. The van der Waals surface area contributed by atoms with Crippen molar-refractivity contribution in [3.8, 4) is 6.07 Å². The van der Waals surface area contributed by atoms with E-state index < -0.39 is 29.4 Å². The molecule has 10 nitrogen and oxygen atoms in total. The molecule has 1 atom stereocenters. The van der Waals surface area contributed by atoms with Crippen LogP contribution in [-0.2, 0) is 19.0 Å². The fraction of sp³-hybridized carbons (Fsp3) is 0.179. The molecule has 0 saturated heterocycles. The molecule has 0 saturated carbocycles. The molecular weight excluding hydrogens is 522 g/mol. The SMILES string of the molecule is CCOC(=O)C1=c2s/c(=C/c3ccc(C(=O)OC)cc3)c(=O)n2C(N)=C(C#N)[C@@H]1c1ccc(C(=O)OC)cc1. The lowest BCUT2D eigenvalue weighted by molar-refractivity contribution is -0.136. The van der Waals surface area contributed by atoms with Crippen molar-refractivity contribution in [3.63, 3.8) is 0 Å². The molecule has 0 radical (unpaired) electrons. The number of aromatic nitrogens is 1. The molecule has 0 aliphatic carbocycles. The number of rotatable bonds is 6. The minimum absolute atomic E-state index is 0.00903. The van der Waals surface area contributed by atoms with Crippen molar-refractivity contribution >= 4 is 46.7 Å². The Bertz CT molecular complexity index is 1720. The smallest absolute Gasteiger partial charge is 0.338 e. The number of methoxy groups -OCH3 is 2. The predicted molar refractivity (Wildman–Crippen MR) is 143 cm³/mol. The molecule has 1 aliphatic rings. The van der Waals surface area contributed by atoms with E-state index in [0.717, 1.165) is 15.9 Å². The molecule has 2 N–H and O–H groups in total. The fourth-order valence-corrected chi connectivity index (χ4v) is 5.37. The Hall–Kier alpha value is -4.95. The first-order chi connectivity index (χ1) is 18.7. The third-order valence-electron chi connectivity index (χ3n) is 6.06. The van der Waals surface area contributed by atoms with Gasteiger partial charge in [0.15, 0.2) is 0 Å². The molecule has 2 aromatic carbocycles. The van der Waals surface area contributed by atoms with E-state index in [4.69, 9.17) is 19.9 Å². The van der Waals surface area contributed by atoms with Gasteiger partial charge in [0.05, 0.1) is 59.6 Å². The van der Waals surface area contributed by atoms with Crippen LogP contribution in [0.5, 0.6) is 0 Å². The highest BCUT2D eigenvalue weighted by molar-refractivity contribution is 7.07. The molecule has 1 aliphatic heterocycles. The molecule has 4 rings (SSSR count). The van der Waals surface area contributed by atoms with Crippen LogP contribution < -0.4 is 20.5 Å². The topological polar surface area (TPSA) is 151 Å². The highest BCUT2D eigenvalue weighted by Crippen LogP contribution is 2.36. The number of fused-ring (bicyclic) bond motifs is 1. The third kappa shape index (κ3) is 4.97. The predicted octanol–water partition coefficient (Wildman–Crippen LogP) is 1.47. The van der Waals surface area contributed by atoms with E-state index in [-0.39, 0.29) is 38.3 Å². The van der Waals surface area contributed by atoms with Crippen LogP contribution in [0.4, 0.5) is 0 Å². The number of carbonyl (C=O) groups excluding carboxylic acids is 3. The van der Waals surface area contributed by atoms with Gasteiger partial charge >= 0.3 is 17.9 Å². The molecule has 0 bridgehead atoms. The van der Waals surface area contributed by atoms with E-state index in [1.807, 2.05) is 0 Å². The number of ether oxygens (including phenoxy) is 3. The van der Waals surface area contributed by atoms with Crippen molar-refractivity contribution in [2.45, 2.75) is 12.8 Å². The summed E-state index contributed by atoms with van der Waals surface area (Å²) >= 11 is 1.03. The van der Waals surface area contributed by atoms with Crippen LogP contribution in [-0.4, -0.2) is 43.3 Å². The monoisotopic (exact) mass is 545 g/mol. The van der Waals surface area contributed by atoms with E-state index in [0.29, 0.717) is 16.7 Å². The molecule has 0 amide bonds. The second-order valence-electron chi connectivity index (χ2n) is 8.26. The van der Waals surface area contributed by atoms with E-state index >= 15 is 0 Å². The maximum Gasteiger partial charge on any atom is 0.338 e. The van der Waals surface area contributed by atoms with Crippen molar-refractivity contribution in [2.75, 3.05) is 20.8 Å². The van der Waals surface area contributed by atoms with E-state index in [2.05, 4.69) is 6.07 Å². The van der Waals surface area contributed by atoms with Gasteiger partial charge in [0, 0.05) is 0 Å². The minimum atomic E-state index is -0.939. The van der Waals surface area contributed by atoms with Gasteiger partial charge in [0.1, 0.15) is 10.5 Å². The Morgan fingerprint density at radius 3 is 2.08 bits per heavy atom. The summed E-state index contributed by atoms with van der Waals surface area (Å²) in [4.78, 5) is 50.4. The molecule has 1 aromatic heterocycles. The van der Waals surface area contributed by atoms with Crippen molar-refractivity contribution < 1.29 is 28.6 Å². The number of nitrogens with two attached hydrogens (primary N) is 1. The van der Waals surface area contributed by atoms with Gasteiger partial charge in [0.2, 0.25) is 0 Å². The standard InChI is InChI=1S/C28H23N3O7S/c1-4-38-28(35)22-21(16-9-11-18(12-10-16)27(34)37-3)19(14-29)23(30)31-24(32)20(39-25(22)31)13-15-5-7-17(8-6-15)26(33)36-2/h5-13,21H,4,30H2,1-3H3/b20-13+/t21-/m0/s1. The van der Waals surface area contributed by atoms with Crippen LogP contribution in [0.3, 0.4) is 0 Å². The summed E-state index contributed by atoms with van der Waals surface area (Å²) in [7, 11) is 2.55. The van der Waals surface area contributed by atoms with Crippen LogP contribution in [0.1, 0.15) is 44.7 Å². The fourth-order valence-electron chi connectivity index (χ4n) is 4.20. The molecule has 2 heterocycles. The Labute approximate surface area is 226 Å². The van der Waals surface area contributed by atoms with E-state index in [1.54, 1.807) is 49.4 Å². The number of nitriles is 1. The second kappa shape index (κ2) is 11.2. The number of benzene rings is 2. The normalized spacial score (nSPS) is 14.9. The minimum Gasteiger partial charge on any atom is -0.465 e. The number of thiazole rings is 1. The molecule has 39 heavy (non-hydrogen) atoms. The van der Waals surface area contributed by atoms with Gasteiger partial charge in [-0.15, -0.1) is 11.3 Å². The largest absolute Gasteiger partial charge is 0.465 e. The van der Waals surface area contributed by atoms with E-state index in [9.17, 15) is 24.4 Å². The summed E-state index contributed by atoms with van der Waals surface area (Å²) in [5.74, 6) is -2.78. The molecule has 0 unspecified atom stereocenters. The van der Waals surface area contributed by atoms with Crippen LogP contribution in [0.15, 0.2) is 58.9 Å². The van der Waals surface area contributed by atoms with E-state index in [1.165, 1.54) is 26.4 Å². The Morgan fingerprint density at radius 1 is 1.00 bits per heavy atom. The molecule has 3 aromatic rings. The summed E-state index contributed by atoms with van der Waals surface area (Å²) in [6.07, 6.45) is 1.60. The number of hydrogen-bond acceptors (Lipinski definition) is 10. The zero-order valence-electron chi connectivity index (χ0n) is 21.2. The number of allylic oxidation sites excluding steroid dienone is 1. The quantitative estimate of drug-likeness (QED) is 0.359. The van der Waals surface area contributed by atoms with Crippen LogP contribution in [0.2, 0.25) is 0 Å².